The summed E-state index contributed by atoms with van der Waals surface area (Å²) < 4.78 is 13.7. The van der Waals surface area contributed by atoms with Gasteiger partial charge in [0.05, 0.1) is 11.0 Å². The SMILES string of the molecule is CS(=O)N1CCNCC1Cc1ccccc1. The molecule has 0 amide bonds. The minimum Gasteiger partial charge on any atom is -0.314 e. The van der Waals surface area contributed by atoms with E-state index in [1.165, 1.54) is 5.56 Å². The summed E-state index contributed by atoms with van der Waals surface area (Å²) in [6, 6.07) is 10.7. The van der Waals surface area contributed by atoms with Gasteiger partial charge in [-0.25, -0.2) is 8.51 Å². The van der Waals surface area contributed by atoms with Crippen LogP contribution in [0.25, 0.3) is 0 Å². The van der Waals surface area contributed by atoms with Crippen molar-refractivity contribution in [3.8, 4) is 0 Å². The lowest BCUT2D eigenvalue weighted by molar-refractivity contribution is 0.279. The van der Waals surface area contributed by atoms with E-state index in [1.54, 1.807) is 6.26 Å². The fraction of sp³-hybridized carbons (Fsp3) is 0.500. The molecule has 1 fully saturated rings. The van der Waals surface area contributed by atoms with Gasteiger partial charge in [0, 0.05) is 31.9 Å². The molecule has 0 spiro atoms. The molecule has 2 unspecified atom stereocenters. The van der Waals surface area contributed by atoms with Crippen molar-refractivity contribution >= 4 is 11.0 Å². The highest BCUT2D eigenvalue weighted by molar-refractivity contribution is 7.81. The minimum absolute atomic E-state index is 0.349. The first kappa shape index (κ1) is 11.8. The Morgan fingerprint density at radius 2 is 2.19 bits per heavy atom. The second-order valence-corrected chi connectivity index (χ2v) is 5.43. The third kappa shape index (κ3) is 2.90. The first-order valence-electron chi connectivity index (χ1n) is 5.62. The van der Waals surface area contributed by atoms with Crippen LogP contribution in [0.2, 0.25) is 0 Å². The van der Waals surface area contributed by atoms with Crippen LogP contribution in [0.5, 0.6) is 0 Å². The van der Waals surface area contributed by atoms with E-state index in [0.717, 1.165) is 26.1 Å². The number of nitrogens with zero attached hydrogens (tertiary/aromatic N) is 1. The molecule has 0 radical (unpaired) electrons. The zero-order valence-electron chi connectivity index (χ0n) is 9.56. The monoisotopic (exact) mass is 238 g/mol. The fourth-order valence-electron chi connectivity index (χ4n) is 2.14. The number of hydrogen-bond donors (Lipinski definition) is 1. The molecule has 3 nitrogen and oxygen atoms in total. The van der Waals surface area contributed by atoms with Gasteiger partial charge in [-0.1, -0.05) is 30.3 Å². The Kier molecular flexibility index (Phi) is 4.09. The van der Waals surface area contributed by atoms with Crippen molar-refractivity contribution in [2.24, 2.45) is 0 Å². The number of piperazine rings is 1. The summed E-state index contributed by atoms with van der Waals surface area (Å²) in [5.74, 6) is 0. The smallest absolute Gasteiger partial charge is 0.0914 e. The average Bonchev–Trinajstić information content (AvgIpc) is 2.31. The Morgan fingerprint density at radius 1 is 1.44 bits per heavy atom. The zero-order chi connectivity index (χ0) is 11.4. The van der Waals surface area contributed by atoms with Gasteiger partial charge in [0.15, 0.2) is 0 Å². The van der Waals surface area contributed by atoms with Crippen molar-refractivity contribution in [1.29, 1.82) is 0 Å². The van der Waals surface area contributed by atoms with Gasteiger partial charge in [-0.3, -0.25) is 0 Å². The Balaban J connectivity index is 2.04. The Labute approximate surface area is 99.4 Å². The topological polar surface area (TPSA) is 32.3 Å². The van der Waals surface area contributed by atoms with Crippen molar-refractivity contribution < 1.29 is 4.21 Å². The third-order valence-electron chi connectivity index (χ3n) is 2.94. The van der Waals surface area contributed by atoms with E-state index < -0.39 is 11.0 Å². The van der Waals surface area contributed by atoms with Crippen LogP contribution in [0.4, 0.5) is 0 Å². The lowest BCUT2D eigenvalue weighted by Gasteiger charge is -2.34. The minimum atomic E-state index is -0.862. The van der Waals surface area contributed by atoms with Crippen LogP contribution >= 0.6 is 0 Å². The van der Waals surface area contributed by atoms with E-state index in [4.69, 9.17) is 0 Å². The summed E-state index contributed by atoms with van der Waals surface area (Å²) >= 11 is 0. The second kappa shape index (κ2) is 5.57. The van der Waals surface area contributed by atoms with Gasteiger partial charge in [0.25, 0.3) is 0 Å². The maximum atomic E-state index is 11.6. The molecule has 88 valence electrons. The van der Waals surface area contributed by atoms with E-state index in [1.807, 2.05) is 6.07 Å². The largest absolute Gasteiger partial charge is 0.314 e. The van der Waals surface area contributed by atoms with Crippen molar-refractivity contribution in [2.45, 2.75) is 12.5 Å². The molecule has 0 aliphatic carbocycles. The molecule has 1 aromatic rings. The molecular weight excluding hydrogens is 220 g/mol. The molecule has 1 aliphatic rings. The molecule has 0 aromatic heterocycles. The van der Waals surface area contributed by atoms with Crippen LogP contribution in [0.3, 0.4) is 0 Å². The highest BCUT2D eigenvalue weighted by Crippen LogP contribution is 2.12. The Bertz CT molecular complexity index is 355. The van der Waals surface area contributed by atoms with Crippen LogP contribution in [0.15, 0.2) is 30.3 Å². The van der Waals surface area contributed by atoms with Gasteiger partial charge < -0.3 is 5.32 Å². The number of rotatable bonds is 3. The lowest BCUT2D eigenvalue weighted by Crippen LogP contribution is -2.52. The van der Waals surface area contributed by atoms with Crippen molar-refractivity contribution in [2.75, 3.05) is 25.9 Å². The first-order chi connectivity index (χ1) is 7.77. The Morgan fingerprint density at radius 3 is 2.88 bits per heavy atom. The van der Waals surface area contributed by atoms with Gasteiger partial charge in [0.1, 0.15) is 0 Å². The molecule has 2 atom stereocenters. The highest BCUT2D eigenvalue weighted by Gasteiger charge is 2.24. The third-order valence-corrected chi connectivity index (χ3v) is 4.08. The van der Waals surface area contributed by atoms with E-state index >= 15 is 0 Å². The van der Waals surface area contributed by atoms with Gasteiger partial charge in [-0.2, -0.15) is 0 Å². The van der Waals surface area contributed by atoms with Crippen molar-refractivity contribution in [3.05, 3.63) is 35.9 Å². The summed E-state index contributed by atoms with van der Waals surface area (Å²) in [6.07, 6.45) is 2.73. The van der Waals surface area contributed by atoms with Crippen LogP contribution < -0.4 is 5.32 Å². The molecular formula is C12H18N2OS. The molecule has 1 aliphatic heterocycles. The van der Waals surface area contributed by atoms with Crippen LogP contribution in [0, 0.1) is 0 Å². The van der Waals surface area contributed by atoms with E-state index in [2.05, 4.69) is 33.9 Å². The van der Waals surface area contributed by atoms with Crippen molar-refractivity contribution in [1.82, 2.24) is 9.62 Å². The molecule has 0 bridgehead atoms. The van der Waals surface area contributed by atoms with E-state index in [-0.39, 0.29) is 0 Å². The molecule has 1 saturated heterocycles. The van der Waals surface area contributed by atoms with Gasteiger partial charge in [-0.15, -0.1) is 0 Å². The second-order valence-electron chi connectivity index (χ2n) is 4.11. The first-order valence-corrected chi connectivity index (χ1v) is 7.13. The maximum absolute atomic E-state index is 11.6. The lowest BCUT2D eigenvalue weighted by atomic mass is 10.1. The molecule has 1 aromatic carbocycles. The van der Waals surface area contributed by atoms with Crippen LogP contribution in [-0.2, 0) is 17.4 Å². The van der Waals surface area contributed by atoms with E-state index in [0.29, 0.717) is 6.04 Å². The Hall–Kier alpha value is -0.710. The van der Waals surface area contributed by atoms with Gasteiger partial charge >= 0.3 is 0 Å². The molecule has 1 heterocycles. The van der Waals surface area contributed by atoms with E-state index in [9.17, 15) is 4.21 Å². The summed E-state index contributed by atoms with van der Waals surface area (Å²) in [6.45, 7) is 2.74. The number of nitrogens with one attached hydrogen (secondary N) is 1. The van der Waals surface area contributed by atoms with Crippen molar-refractivity contribution in [3.63, 3.8) is 0 Å². The molecule has 1 N–H and O–H groups in total. The predicted octanol–water partition coefficient (Wildman–Crippen LogP) is 0.796. The van der Waals surface area contributed by atoms with Gasteiger partial charge in [0.2, 0.25) is 0 Å². The normalized spacial score (nSPS) is 24.2. The molecule has 2 rings (SSSR count). The standard InChI is InChI=1S/C12H18N2OS/c1-16(15)14-8-7-13-10-12(14)9-11-5-3-2-4-6-11/h2-6,12-13H,7-10H2,1H3. The summed E-state index contributed by atoms with van der Waals surface area (Å²) in [7, 11) is -0.862. The van der Waals surface area contributed by atoms with Crippen LogP contribution in [-0.4, -0.2) is 40.4 Å². The highest BCUT2D eigenvalue weighted by atomic mass is 32.2. The maximum Gasteiger partial charge on any atom is 0.0914 e. The number of hydrogen-bond acceptors (Lipinski definition) is 2. The molecule has 4 heteroatoms. The fourth-order valence-corrected chi connectivity index (χ4v) is 3.06. The molecule has 16 heavy (non-hydrogen) atoms. The number of benzene rings is 1. The zero-order valence-corrected chi connectivity index (χ0v) is 10.4. The quantitative estimate of drug-likeness (QED) is 0.844. The summed E-state index contributed by atoms with van der Waals surface area (Å²) in [4.78, 5) is 0. The average molecular weight is 238 g/mol. The summed E-state index contributed by atoms with van der Waals surface area (Å²) in [5.41, 5.74) is 1.31. The predicted molar refractivity (Wildman–Crippen MR) is 67.6 cm³/mol. The van der Waals surface area contributed by atoms with Crippen LogP contribution in [0.1, 0.15) is 5.56 Å². The molecule has 0 saturated carbocycles. The summed E-state index contributed by atoms with van der Waals surface area (Å²) in [5, 5.41) is 3.36. The van der Waals surface area contributed by atoms with Gasteiger partial charge in [-0.05, 0) is 12.0 Å².